The first-order chi connectivity index (χ1) is 9.53. The molecule has 0 aromatic carbocycles. The molecule has 1 unspecified atom stereocenters. The Kier molecular flexibility index (Phi) is 25.6. The number of nitrogens with one attached hydrogen (secondary N) is 1. The Hall–Kier alpha value is -0.560. The molecule has 0 radical (unpaired) electrons. The minimum absolute atomic E-state index is 0.350. The standard InChI is InChI=1S/C11H19N.4C2H6/c1-6-9-8(2)7-11(3,4)10(9)12-5;4*1-2/h6,10,12H,1,7H2,2-5H3;4*1-2H3. The zero-order chi connectivity index (χ0) is 17.4. The summed E-state index contributed by atoms with van der Waals surface area (Å²) in [5, 5.41) is 3.36. The van der Waals surface area contributed by atoms with Crippen LogP contribution in [0.25, 0.3) is 0 Å². The maximum absolute atomic E-state index is 3.86. The Morgan fingerprint density at radius 3 is 1.55 bits per heavy atom. The van der Waals surface area contributed by atoms with Gasteiger partial charge in [-0.2, -0.15) is 0 Å². The van der Waals surface area contributed by atoms with Gasteiger partial charge in [0.1, 0.15) is 0 Å². The van der Waals surface area contributed by atoms with E-state index in [0.29, 0.717) is 11.5 Å². The van der Waals surface area contributed by atoms with Gasteiger partial charge < -0.3 is 5.32 Å². The van der Waals surface area contributed by atoms with Gasteiger partial charge in [0, 0.05) is 6.04 Å². The summed E-state index contributed by atoms with van der Waals surface area (Å²) >= 11 is 0. The molecule has 1 nitrogen and oxygen atoms in total. The zero-order valence-electron chi connectivity index (χ0n) is 16.6. The summed E-state index contributed by atoms with van der Waals surface area (Å²) in [4.78, 5) is 0. The number of hydrogen-bond acceptors (Lipinski definition) is 1. The summed E-state index contributed by atoms with van der Waals surface area (Å²) in [6.07, 6.45) is 3.17. The van der Waals surface area contributed by atoms with E-state index in [0.717, 1.165) is 0 Å². The monoisotopic (exact) mass is 285 g/mol. The topological polar surface area (TPSA) is 12.0 Å². The smallest absolute Gasteiger partial charge is 0.0371 e. The second-order valence-electron chi connectivity index (χ2n) is 4.33. The molecule has 0 amide bonds. The van der Waals surface area contributed by atoms with Crippen LogP contribution in [-0.4, -0.2) is 13.1 Å². The molecule has 0 aromatic rings. The lowest BCUT2D eigenvalue weighted by Crippen LogP contribution is -2.37. The molecular formula is C19H43N. The van der Waals surface area contributed by atoms with Crippen molar-refractivity contribution in [2.24, 2.45) is 5.41 Å². The molecule has 0 aromatic heterocycles. The van der Waals surface area contributed by atoms with Gasteiger partial charge in [0.15, 0.2) is 0 Å². The first-order valence-electron chi connectivity index (χ1n) is 8.52. The molecule has 1 rings (SSSR count). The summed E-state index contributed by atoms with van der Waals surface area (Å²) < 4.78 is 0. The maximum Gasteiger partial charge on any atom is 0.0371 e. The van der Waals surface area contributed by atoms with Crippen LogP contribution in [-0.2, 0) is 0 Å². The highest BCUT2D eigenvalue weighted by Crippen LogP contribution is 2.41. The lowest BCUT2D eigenvalue weighted by molar-refractivity contribution is 0.310. The minimum atomic E-state index is 0.350. The van der Waals surface area contributed by atoms with Crippen molar-refractivity contribution in [3.63, 3.8) is 0 Å². The molecule has 0 saturated carbocycles. The first kappa shape index (κ1) is 27.7. The molecule has 1 N–H and O–H groups in total. The van der Waals surface area contributed by atoms with E-state index < -0.39 is 0 Å². The van der Waals surface area contributed by atoms with E-state index in [2.05, 4.69) is 32.7 Å². The van der Waals surface area contributed by atoms with Crippen molar-refractivity contribution in [2.45, 2.75) is 88.6 Å². The average Bonchev–Trinajstić information content (AvgIpc) is 2.74. The molecule has 0 spiro atoms. The Bertz CT molecular complexity index is 224. The van der Waals surface area contributed by atoms with Gasteiger partial charge in [-0.15, -0.1) is 0 Å². The quantitative estimate of drug-likeness (QED) is 0.601. The molecule has 1 aliphatic carbocycles. The predicted molar refractivity (Wildman–Crippen MR) is 99.5 cm³/mol. The van der Waals surface area contributed by atoms with Crippen molar-refractivity contribution in [3.05, 3.63) is 23.8 Å². The largest absolute Gasteiger partial charge is 0.313 e. The van der Waals surface area contributed by atoms with Crippen LogP contribution in [0.4, 0.5) is 0 Å². The van der Waals surface area contributed by atoms with E-state index >= 15 is 0 Å². The van der Waals surface area contributed by atoms with Crippen molar-refractivity contribution in [2.75, 3.05) is 7.05 Å². The third-order valence-electron chi connectivity index (χ3n) is 2.81. The summed E-state index contributed by atoms with van der Waals surface area (Å²) in [5.74, 6) is 0. The summed E-state index contributed by atoms with van der Waals surface area (Å²) in [6, 6.07) is 0.481. The molecule has 0 aliphatic heterocycles. The lowest BCUT2D eigenvalue weighted by Gasteiger charge is -2.28. The lowest BCUT2D eigenvalue weighted by atomic mass is 9.84. The van der Waals surface area contributed by atoms with Crippen molar-refractivity contribution in [1.29, 1.82) is 0 Å². The van der Waals surface area contributed by atoms with Crippen molar-refractivity contribution < 1.29 is 0 Å². The van der Waals surface area contributed by atoms with Crippen LogP contribution in [0.5, 0.6) is 0 Å². The molecule has 20 heavy (non-hydrogen) atoms. The van der Waals surface area contributed by atoms with Gasteiger partial charge in [0.05, 0.1) is 0 Å². The van der Waals surface area contributed by atoms with E-state index in [1.165, 1.54) is 17.6 Å². The number of allylic oxidation sites excluding steroid dienone is 1. The van der Waals surface area contributed by atoms with Crippen molar-refractivity contribution >= 4 is 0 Å². The van der Waals surface area contributed by atoms with Crippen LogP contribution >= 0.6 is 0 Å². The maximum atomic E-state index is 3.86. The molecule has 1 heteroatoms. The van der Waals surface area contributed by atoms with Crippen LogP contribution in [0.15, 0.2) is 23.8 Å². The Morgan fingerprint density at radius 1 is 1.00 bits per heavy atom. The zero-order valence-corrected chi connectivity index (χ0v) is 16.6. The molecule has 124 valence electrons. The molecule has 0 saturated heterocycles. The van der Waals surface area contributed by atoms with E-state index in [-0.39, 0.29) is 0 Å². The molecule has 1 atom stereocenters. The second kappa shape index (κ2) is 18.4. The molecule has 0 heterocycles. The Labute approximate surface area is 130 Å². The fourth-order valence-corrected chi connectivity index (χ4v) is 2.39. The van der Waals surface area contributed by atoms with Gasteiger partial charge in [-0.3, -0.25) is 0 Å². The third-order valence-corrected chi connectivity index (χ3v) is 2.81. The molecule has 0 bridgehead atoms. The highest BCUT2D eigenvalue weighted by molar-refractivity contribution is 5.36. The van der Waals surface area contributed by atoms with Gasteiger partial charge in [0.25, 0.3) is 0 Å². The van der Waals surface area contributed by atoms with E-state index in [1.54, 1.807) is 0 Å². The Morgan fingerprint density at radius 2 is 1.35 bits per heavy atom. The van der Waals surface area contributed by atoms with Crippen LogP contribution in [0.3, 0.4) is 0 Å². The average molecular weight is 286 g/mol. The van der Waals surface area contributed by atoms with Gasteiger partial charge >= 0.3 is 0 Å². The number of rotatable bonds is 2. The van der Waals surface area contributed by atoms with Crippen LogP contribution in [0.1, 0.15) is 82.6 Å². The summed E-state index contributed by atoms with van der Waals surface area (Å²) in [6.45, 7) is 26.7. The van der Waals surface area contributed by atoms with Gasteiger partial charge in [-0.05, 0) is 31.4 Å². The normalized spacial score (nSPS) is 17.9. The van der Waals surface area contributed by atoms with Gasteiger partial charge in [0.2, 0.25) is 0 Å². The molecular weight excluding hydrogens is 242 g/mol. The highest BCUT2D eigenvalue weighted by Gasteiger charge is 2.36. The van der Waals surface area contributed by atoms with E-state index in [9.17, 15) is 0 Å². The van der Waals surface area contributed by atoms with Crippen molar-refractivity contribution in [1.82, 2.24) is 5.32 Å². The predicted octanol–water partition coefficient (Wildman–Crippen LogP) is 6.61. The fraction of sp³-hybridized carbons (Fsp3) is 0.789. The summed E-state index contributed by atoms with van der Waals surface area (Å²) in [7, 11) is 2.02. The SMILES string of the molecule is C=CC1=C(C)CC(C)(C)C1NC.CC.CC.CC.CC. The molecule has 0 fully saturated rings. The molecule has 1 aliphatic rings. The first-order valence-corrected chi connectivity index (χ1v) is 8.52. The fourth-order valence-electron chi connectivity index (χ4n) is 2.39. The van der Waals surface area contributed by atoms with E-state index in [1.807, 2.05) is 68.5 Å². The number of hydrogen-bond donors (Lipinski definition) is 1. The Balaban J connectivity index is -0.000000138. The second-order valence-corrected chi connectivity index (χ2v) is 4.33. The highest BCUT2D eigenvalue weighted by atomic mass is 14.9. The van der Waals surface area contributed by atoms with Crippen molar-refractivity contribution in [3.8, 4) is 0 Å². The number of likely N-dealkylation sites (N-methyl/N-ethyl adjacent to an activating group) is 1. The van der Waals surface area contributed by atoms with Crippen LogP contribution in [0.2, 0.25) is 0 Å². The minimum Gasteiger partial charge on any atom is -0.313 e. The van der Waals surface area contributed by atoms with E-state index in [4.69, 9.17) is 0 Å². The van der Waals surface area contributed by atoms with Gasteiger partial charge in [-0.1, -0.05) is 87.5 Å². The van der Waals surface area contributed by atoms with Crippen LogP contribution in [0, 0.1) is 5.41 Å². The third kappa shape index (κ3) is 9.36. The van der Waals surface area contributed by atoms with Gasteiger partial charge in [-0.25, -0.2) is 0 Å². The summed E-state index contributed by atoms with van der Waals surface area (Å²) in [5.41, 5.74) is 3.22. The van der Waals surface area contributed by atoms with Crippen LogP contribution < -0.4 is 5.32 Å².